The first kappa shape index (κ1) is 13.1. The third kappa shape index (κ3) is 4.18. The number of aromatic nitrogens is 1. The van der Waals surface area contributed by atoms with Gasteiger partial charge < -0.3 is 0 Å². The van der Waals surface area contributed by atoms with Crippen LogP contribution in [0.2, 0.25) is 0 Å². The number of thiocarbonyl (C=S) groups is 2. The van der Waals surface area contributed by atoms with Crippen LogP contribution >= 0.6 is 49.7 Å². The molecule has 5 heteroatoms. The second kappa shape index (κ2) is 5.94. The Balaban J connectivity index is 2.99. The van der Waals surface area contributed by atoms with Crippen LogP contribution in [0.1, 0.15) is 11.4 Å². The van der Waals surface area contributed by atoms with Gasteiger partial charge in [0.05, 0.1) is 21.2 Å². The molecule has 0 aliphatic rings. The lowest BCUT2D eigenvalue weighted by molar-refractivity contribution is -0.685. The van der Waals surface area contributed by atoms with Crippen molar-refractivity contribution in [3.8, 4) is 0 Å². The van der Waals surface area contributed by atoms with Crippen LogP contribution in [-0.2, 0) is 19.9 Å². The number of thiol groups is 2. The molecule has 1 aromatic heterocycles. The fraction of sp³-hybridized carbons (Fsp3) is 0.300. The standard InChI is InChI=1S/C10H11NS4/c1-11-7(5-9(12)13)3-2-4-8(11)6-10(14)15/h2-4H,5-6H2,1H3,(H-,12,13,14,15)/p+1. The summed E-state index contributed by atoms with van der Waals surface area (Å²) in [6.45, 7) is 0. The number of nitrogens with zero attached hydrogens (tertiary/aromatic N) is 1. The third-order valence-electron chi connectivity index (χ3n) is 2.10. The molecule has 0 fully saturated rings. The van der Waals surface area contributed by atoms with E-state index in [1.54, 1.807) is 0 Å². The Morgan fingerprint density at radius 2 is 1.53 bits per heavy atom. The van der Waals surface area contributed by atoms with E-state index in [0.717, 1.165) is 11.4 Å². The minimum absolute atomic E-state index is 0.691. The predicted molar refractivity (Wildman–Crippen MR) is 78.2 cm³/mol. The smallest absolute Gasteiger partial charge is 0.187 e. The van der Waals surface area contributed by atoms with Gasteiger partial charge in [-0.05, 0) is 6.07 Å². The van der Waals surface area contributed by atoms with Crippen molar-refractivity contribution >= 4 is 58.1 Å². The van der Waals surface area contributed by atoms with Crippen LogP contribution in [0.5, 0.6) is 0 Å². The van der Waals surface area contributed by atoms with Crippen LogP contribution in [0.15, 0.2) is 18.2 Å². The van der Waals surface area contributed by atoms with E-state index >= 15 is 0 Å². The van der Waals surface area contributed by atoms with Gasteiger partial charge in [0.1, 0.15) is 7.05 Å². The van der Waals surface area contributed by atoms with Gasteiger partial charge in [-0.15, -0.1) is 25.3 Å². The molecule has 1 nitrogen and oxygen atoms in total. The lowest BCUT2D eigenvalue weighted by atomic mass is 10.2. The van der Waals surface area contributed by atoms with Crippen molar-refractivity contribution in [3.63, 3.8) is 0 Å². The van der Waals surface area contributed by atoms with Crippen molar-refractivity contribution in [1.29, 1.82) is 0 Å². The molecule has 15 heavy (non-hydrogen) atoms. The predicted octanol–water partition coefficient (Wildman–Crippen LogP) is 2.11. The van der Waals surface area contributed by atoms with Gasteiger partial charge >= 0.3 is 0 Å². The molecule has 0 saturated heterocycles. The fourth-order valence-corrected chi connectivity index (χ4v) is 1.96. The largest absolute Gasteiger partial charge is 0.202 e. The summed E-state index contributed by atoms with van der Waals surface area (Å²) in [6, 6.07) is 6.07. The fourth-order valence-electron chi connectivity index (χ4n) is 1.34. The molecule has 0 radical (unpaired) electrons. The zero-order chi connectivity index (χ0) is 11.4. The Kier molecular flexibility index (Phi) is 5.18. The number of rotatable bonds is 4. The highest BCUT2D eigenvalue weighted by atomic mass is 32.1. The zero-order valence-corrected chi connectivity index (χ0v) is 11.7. The van der Waals surface area contributed by atoms with Crippen molar-refractivity contribution < 1.29 is 4.57 Å². The van der Waals surface area contributed by atoms with E-state index < -0.39 is 0 Å². The molecule has 0 aliphatic heterocycles. The normalized spacial score (nSPS) is 10.1. The summed E-state index contributed by atoms with van der Waals surface area (Å²) in [7, 11) is 2.00. The number of pyridine rings is 1. The minimum atomic E-state index is 0.691. The second-order valence-electron chi connectivity index (χ2n) is 3.21. The van der Waals surface area contributed by atoms with E-state index in [2.05, 4.69) is 29.8 Å². The molecular formula is C10H12NS4+. The highest BCUT2D eigenvalue weighted by Crippen LogP contribution is 2.03. The Morgan fingerprint density at radius 3 is 1.87 bits per heavy atom. The van der Waals surface area contributed by atoms with Gasteiger partial charge in [-0.2, -0.15) is 0 Å². The third-order valence-corrected chi connectivity index (χ3v) is 2.71. The highest BCUT2D eigenvalue weighted by Gasteiger charge is 2.13. The zero-order valence-electron chi connectivity index (χ0n) is 8.30. The molecule has 1 heterocycles. The van der Waals surface area contributed by atoms with Crippen molar-refractivity contribution in [2.24, 2.45) is 7.05 Å². The molecule has 0 aliphatic carbocycles. The molecule has 0 aromatic carbocycles. The van der Waals surface area contributed by atoms with Crippen molar-refractivity contribution in [1.82, 2.24) is 0 Å². The molecular weight excluding hydrogens is 262 g/mol. The first-order valence-corrected chi connectivity index (χ1v) is 6.12. The maximum atomic E-state index is 4.98. The monoisotopic (exact) mass is 274 g/mol. The molecule has 0 bridgehead atoms. The summed E-state index contributed by atoms with van der Waals surface area (Å²) in [5, 5.41) is 0. The van der Waals surface area contributed by atoms with Gasteiger partial charge in [-0.1, -0.05) is 24.4 Å². The molecule has 0 amide bonds. The van der Waals surface area contributed by atoms with Gasteiger partial charge in [0, 0.05) is 12.1 Å². The lowest BCUT2D eigenvalue weighted by Gasteiger charge is -2.03. The average molecular weight is 274 g/mol. The average Bonchev–Trinajstić information content (AvgIpc) is 2.10. The van der Waals surface area contributed by atoms with Crippen LogP contribution in [0.3, 0.4) is 0 Å². The molecule has 80 valence electrons. The number of hydrogen-bond donors (Lipinski definition) is 2. The van der Waals surface area contributed by atoms with E-state index in [1.807, 2.05) is 25.2 Å². The molecule has 0 unspecified atom stereocenters. The second-order valence-corrected chi connectivity index (χ2v) is 5.88. The van der Waals surface area contributed by atoms with Gasteiger partial charge in [0.25, 0.3) is 0 Å². The summed E-state index contributed by atoms with van der Waals surface area (Å²) in [5.41, 5.74) is 2.27. The Hall–Kier alpha value is 0.0300. The van der Waals surface area contributed by atoms with Crippen LogP contribution in [-0.4, -0.2) is 8.39 Å². The van der Waals surface area contributed by atoms with Gasteiger partial charge in [-0.3, -0.25) is 0 Å². The first-order valence-electron chi connectivity index (χ1n) is 4.41. The maximum absolute atomic E-state index is 4.98. The van der Waals surface area contributed by atoms with E-state index in [4.69, 9.17) is 24.4 Å². The topological polar surface area (TPSA) is 3.88 Å². The van der Waals surface area contributed by atoms with Gasteiger partial charge in [0.2, 0.25) is 0 Å². The molecule has 0 saturated carbocycles. The van der Waals surface area contributed by atoms with Gasteiger partial charge in [0.15, 0.2) is 11.4 Å². The lowest BCUT2D eigenvalue weighted by Crippen LogP contribution is -2.39. The van der Waals surface area contributed by atoms with Crippen molar-refractivity contribution in [2.75, 3.05) is 0 Å². The molecule has 0 atom stereocenters. The van der Waals surface area contributed by atoms with Crippen molar-refractivity contribution in [3.05, 3.63) is 29.6 Å². The summed E-state index contributed by atoms with van der Waals surface area (Å²) in [5.74, 6) is 0. The van der Waals surface area contributed by atoms with Gasteiger partial charge in [-0.25, -0.2) is 4.57 Å². The summed E-state index contributed by atoms with van der Waals surface area (Å²) in [4.78, 5) is 0. The van der Waals surface area contributed by atoms with Crippen LogP contribution in [0.25, 0.3) is 0 Å². The van der Waals surface area contributed by atoms with E-state index in [1.165, 1.54) is 0 Å². The maximum Gasteiger partial charge on any atom is 0.187 e. The SMILES string of the molecule is C[n+]1c(CC(=S)S)cccc1CC(=S)S. The summed E-state index contributed by atoms with van der Waals surface area (Å²) in [6.07, 6.45) is 1.39. The van der Waals surface area contributed by atoms with Crippen LogP contribution in [0.4, 0.5) is 0 Å². The summed E-state index contributed by atoms with van der Waals surface area (Å²) < 4.78 is 3.47. The first-order chi connectivity index (χ1) is 7.00. The Bertz CT molecular complexity index is 366. The summed E-state index contributed by atoms with van der Waals surface area (Å²) >= 11 is 18.2. The van der Waals surface area contributed by atoms with Crippen LogP contribution in [0, 0.1) is 0 Å². The number of hydrogen-bond acceptors (Lipinski definition) is 2. The molecule has 0 N–H and O–H groups in total. The van der Waals surface area contributed by atoms with E-state index in [9.17, 15) is 0 Å². The van der Waals surface area contributed by atoms with Crippen LogP contribution < -0.4 is 4.57 Å². The molecule has 0 spiro atoms. The Morgan fingerprint density at radius 1 is 1.13 bits per heavy atom. The minimum Gasteiger partial charge on any atom is -0.202 e. The van der Waals surface area contributed by atoms with Crippen molar-refractivity contribution in [2.45, 2.75) is 12.8 Å². The highest BCUT2D eigenvalue weighted by molar-refractivity contribution is 8.11. The molecule has 1 aromatic rings. The Labute approximate surface area is 112 Å². The van der Waals surface area contributed by atoms with E-state index in [0.29, 0.717) is 21.2 Å². The van der Waals surface area contributed by atoms with E-state index in [-0.39, 0.29) is 0 Å². The molecule has 1 rings (SSSR count). The quantitative estimate of drug-likeness (QED) is 0.492.